The van der Waals surface area contributed by atoms with Crippen LogP contribution in [0.5, 0.6) is 0 Å². The molecule has 0 saturated carbocycles. The molecule has 1 aliphatic rings. The van der Waals surface area contributed by atoms with Gasteiger partial charge in [0.05, 0.1) is 18.8 Å². The molecular formula is C31H35N3O4S. The smallest absolute Gasteiger partial charge is 0.252 e. The van der Waals surface area contributed by atoms with Gasteiger partial charge in [-0.3, -0.25) is 14.5 Å². The molecule has 204 valence electrons. The summed E-state index contributed by atoms with van der Waals surface area (Å²) in [6.07, 6.45) is 7.64. The maximum atomic E-state index is 13.4. The van der Waals surface area contributed by atoms with Crippen molar-refractivity contribution < 1.29 is 18.0 Å². The predicted molar refractivity (Wildman–Crippen MR) is 156 cm³/mol. The van der Waals surface area contributed by atoms with Crippen LogP contribution in [0.3, 0.4) is 0 Å². The highest BCUT2D eigenvalue weighted by atomic mass is 32.2. The summed E-state index contributed by atoms with van der Waals surface area (Å²) < 4.78 is 25.3. The van der Waals surface area contributed by atoms with Crippen LogP contribution in [0.15, 0.2) is 78.9 Å². The van der Waals surface area contributed by atoms with Crippen LogP contribution < -0.4 is 10.0 Å². The van der Waals surface area contributed by atoms with Gasteiger partial charge in [0.15, 0.2) is 5.78 Å². The molecule has 1 heterocycles. The summed E-state index contributed by atoms with van der Waals surface area (Å²) in [7, 11) is -3.55. The molecule has 1 atom stereocenters. The van der Waals surface area contributed by atoms with E-state index in [2.05, 4.69) is 39.2 Å². The Labute approximate surface area is 231 Å². The van der Waals surface area contributed by atoms with Crippen molar-refractivity contribution in [2.45, 2.75) is 31.8 Å². The van der Waals surface area contributed by atoms with Gasteiger partial charge < -0.3 is 5.32 Å². The van der Waals surface area contributed by atoms with E-state index >= 15 is 0 Å². The second kappa shape index (κ2) is 13.5. The fourth-order valence-corrected chi connectivity index (χ4v) is 5.03. The summed E-state index contributed by atoms with van der Waals surface area (Å²) in [5.74, 6) is -0.815. The van der Waals surface area contributed by atoms with Gasteiger partial charge in [0.1, 0.15) is 0 Å². The van der Waals surface area contributed by atoms with Crippen molar-refractivity contribution >= 4 is 33.9 Å². The Kier molecular flexibility index (Phi) is 9.81. The highest BCUT2D eigenvalue weighted by Crippen LogP contribution is 2.17. The van der Waals surface area contributed by atoms with E-state index in [1.54, 1.807) is 12.1 Å². The first-order chi connectivity index (χ1) is 18.8. The van der Waals surface area contributed by atoms with Crippen LogP contribution in [0.2, 0.25) is 0 Å². The van der Waals surface area contributed by atoms with Crippen molar-refractivity contribution in [2.24, 2.45) is 0 Å². The number of Topliss-reactive ketones (excluding diaryl/α,β-unsaturated/α-hetero) is 1. The minimum absolute atomic E-state index is 0.249. The highest BCUT2D eigenvalue weighted by Gasteiger charge is 2.23. The number of hydrogen-bond donors (Lipinski definition) is 2. The zero-order valence-electron chi connectivity index (χ0n) is 22.2. The number of ketones is 1. The maximum absolute atomic E-state index is 13.4. The lowest BCUT2D eigenvalue weighted by molar-refractivity contribution is -0.119. The van der Waals surface area contributed by atoms with Gasteiger partial charge in [-0.1, -0.05) is 84.9 Å². The Hall–Kier alpha value is -3.59. The summed E-state index contributed by atoms with van der Waals surface area (Å²) in [5, 5.41) is 2.84. The van der Waals surface area contributed by atoms with Crippen molar-refractivity contribution in [3.63, 3.8) is 0 Å². The van der Waals surface area contributed by atoms with Crippen LogP contribution in [-0.2, 0) is 27.8 Å². The Balaban J connectivity index is 1.47. The monoisotopic (exact) mass is 545 g/mol. The third kappa shape index (κ3) is 8.99. The average molecular weight is 546 g/mol. The molecule has 0 aromatic heterocycles. The van der Waals surface area contributed by atoms with Gasteiger partial charge >= 0.3 is 0 Å². The van der Waals surface area contributed by atoms with Crippen molar-refractivity contribution in [2.75, 3.05) is 25.9 Å². The van der Waals surface area contributed by atoms with Gasteiger partial charge in [-0.25, -0.2) is 13.1 Å². The van der Waals surface area contributed by atoms with E-state index in [0.29, 0.717) is 5.56 Å². The number of sulfonamides is 1. The number of nitrogens with one attached hydrogen (secondary N) is 2. The van der Waals surface area contributed by atoms with Gasteiger partial charge in [-0.2, -0.15) is 0 Å². The van der Waals surface area contributed by atoms with E-state index in [4.69, 9.17) is 0 Å². The normalized spacial score (nSPS) is 14.9. The van der Waals surface area contributed by atoms with Gasteiger partial charge in [0, 0.05) is 12.1 Å². The van der Waals surface area contributed by atoms with Crippen LogP contribution in [0, 0.1) is 0 Å². The lowest BCUT2D eigenvalue weighted by atomic mass is 10.0. The first-order valence-electron chi connectivity index (χ1n) is 13.2. The SMILES string of the molecule is CS(=O)(=O)NCC(=O)[C@H](Cc1ccccc1)NC(=O)c1ccccc1C=Cc1ccc(CN2CCCC2)cc1. The van der Waals surface area contributed by atoms with E-state index < -0.39 is 34.3 Å². The number of carbonyl (C=O) groups excluding carboxylic acids is 2. The van der Waals surface area contributed by atoms with E-state index in [1.165, 1.54) is 18.4 Å². The fourth-order valence-electron chi connectivity index (χ4n) is 4.62. The number of nitrogens with zero attached hydrogens (tertiary/aromatic N) is 1. The second-order valence-electron chi connectivity index (χ2n) is 9.92. The van der Waals surface area contributed by atoms with Gasteiger partial charge in [-0.05, 0) is 60.7 Å². The zero-order chi connectivity index (χ0) is 27.7. The van der Waals surface area contributed by atoms with Crippen molar-refractivity contribution in [1.82, 2.24) is 14.9 Å². The minimum Gasteiger partial charge on any atom is -0.342 e. The van der Waals surface area contributed by atoms with E-state index in [0.717, 1.165) is 42.6 Å². The molecule has 2 N–H and O–H groups in total. The zero-order valence-corrected chi connectivity index (χ0v) is 23.0. The summed E-state index contributed by atoms with van der Waals surface area (Å²) in [5.41, 5.74) is 4.32. The van der Waals surface area contributed by atoms with Crippen LogP contribution >= 0.6 is 0 Å². The summed E-state index contributed by atoms with van der Waals surface area (Å²) >= 11 is 0. The topological polar surface area (TPSA) is 95.6 Å². The molecule has 0 unspecified atom stereocenters. The quantitative estimate of drug-likeness (QED) is 0.337. The number of benzene rings is 3. The standard InChI is InChI=1S/C31H35N3O4S/c1-39(37,38)32-22-30(35)29(21-25-9-3-2-4-10-25)33-31(36)28-12-6-5-11-27(28)18-17-24-13-15-26(16-14-24)23-34-19-7-8-20-34/h2-6,9-18,29,32H,7-8,19-23H2,1H3,(H,33,36)/t29-/m0/s1. The second-order valence-corrected chi connectivity index (χ2v) is 11.8. The number of likely N-dealkylation sites (tertiary alicyclic amines) is 1. The molecule has 39 heavy (non-hydrogen) atoms. The fraction of sp³-hybridized carbons (Fsp3) is 0.290. The highest BCUT2D eigenvalue weighted by molar-refractivity contribution is 7.88. The minimum atomic E-state index is -3.55. The number of carbonyl (C=O) groups is 2. The van der Waals surface area contributed by atoms with Crippen LogP contribution in [-0.4, -0.2) is 56.9 Å². The lowest BCUT2D eigenvalue weighted by Gasteiger charge is -2.19. The molecule has 3 aromatic rings. The number of amides is 1. The third-order valence-electron chi connectivity index (χ3n) is 6.73. The van der Waals surface area contributed by atoms with Crippen LogP contribution in [0.1, 0.15) is 45.5 Å². The lowest BCUT2D eigenvalue weighted by Crippen LogP contribution is -2.46. The molecule has 0 aliphatic carbocycles. The van der Waals surface area contributed by atoms with Crippen molar-refractivity contribution in [1.29, 1.82) is 0 Å². The van der Waals surface area contributed by atoms with Crippen LogP contribution in [0.25, 0.3) is 12.2 Å². The molecule has 1 amide bonds. The van der Waals surface area contributed by atoms with Gasteiger partial charge in [-0.15, -0.1) is 0 Å². The molecule has 7 nitrogen and oxygen atoms in total. The number of hydrogen-bond acceptors (Lipinski definition) is 5. The average Bonchev–Trinajstić information content (AvgIpc) is 3.44. The van der Waals surface area contributed by atoms with Crippen molar-refractivity contribution in [3.8, 4) is 0 Å². The molecular weight excluding hydrogens is 510 g/mol. The molecule has 0 bridgehead atoms. The summed E-state index contributed by atoms with van der Waals surface area (Å²) in [6.45, 7) is 2.89. The molecule has 1 saturated heterocycles. The molecule has 3 aromatic carbocycles. The Morgan fingerprint density at radius 2 is 1.54 bits per heavy atom. The Morgan fingerprint density at radius 1 is 0.872 bits per heavy atom. The molecule has 1 aliphatic heterocycles. The summed E-state index contributed by atoms with van der Waals surface area (Å²) in [4.78, 5) is 28.8. The first-order valence-corrected chi connectivity index (χ1v) is 15.1. The third-order valence-corrected chi connectivity index (χ3v) is 7.40. The predicted octanol–water partition coefficient (Wildman–Crippen LogP) is 3.91. The van der Waals surface area contributed by atoms with E-state index in [9.17, 15) is 18.0 Å². The number of rotatable bonds is 12. The molecule has 1 fully saturated rings. The maximum Gasteiger partial charge on any atom is 0.252 e. The van der Waals surface area contributed by atoms with Gasteiger partial charge in [0.2, 0.25) is 10.0 Å². The molecule has 8 heteroatoms. The Bertz CT molecular complexity index is 1400. The first kappa shape index (κ1) is 28.4. The molecule has 0 spiro atoms. The Morgan fingerprint density at radius 3 is 2.23 bits per heavy atom. The summed E-state index contributed by atoms with van der Waals surface area (Å²) in [6, 6.07) is 24.1. The van der Waals surface area contributed by atoms with Crippen molar-refractivity contribution in [3.05, 3.63) is 107 Å². The van der Waals surface area contributed by atoms with Crippen LogP contribution in [0.4, 0.5) is 0 Å². The van der Waals surface area contributed by atoms with Gasteiger partial charge in [0.25, 0.3) is 5.91 Å². The molecule has 0 radical (unpaired) electrons. The van der Waals surface area contributed by atoms with E-state index in [1.807, 2.05) is 54.6 Å². The largest absolute Gasteiger partial charge is 0.342 e. The van der Waals surface area contributed by atoms with E-state index in [-0.39, 0.29) is 6.42 Å². The molecule has 4 rings (SSSR count).